The molecule has 0 aromatic heterocycles. The predicted octanol–water partition coefficient (Wildman–Crippen LogP) is 6.65. The van der Waals surface area contributed by atoms with Crippen LogP contribution in [0.25, 0.3) is 5.76 Å². The molecular formula is C33H36N2O3. The van der Waals surface area contributed by atoms with Crippen molar-refractivity contribution in [1.29, 1.82) is 0 Å². The van der Waals surface area contributed by atoms with E-state index >= 15 is 0 Å². The van der Waals surface area contributed by atoms with Crippen molar-refractivity contribution in [3.63, 3.8) is 0 Å². The molecule has 5 rings (SSSR count). The number of aryl methyl sites for hydroxylation is 4. The summed E-state index contributed by atoms with van der Waals surface area (Å²) in [6.45, 7) is 9.96. The highest BCUT2D eigenvalue weighted by molar-refractivity contribution is 6.51. The first-order valence-corrected chi connectivity index (χ1v) is 13.7. The Morgan fingerprint density at radius 1 is 0.895 bits per heavy atom. The lowest BCUT2D eigenvalue weighted by molar-refractivity contribution is -0.132. The maximum absolute atomic E-state index is 13.6. The van der Waals surface area contributed by atoms with Gasteiger partial charge in [-0.15, -0.1) is 0 Å². The number of carbonyl (C=O) groups is 2. The Labute approximate surface area is 225 Å². The zero-order valence-electron chi connectivity index (χ0n) is 22.8. The molecule has 1 atom stereocenters. The van der Waals surface area contributed by atoms with E-state index < -0.39 is 17.7 Å². The molecule has 196 valence electrons. The Balaban J connectivity index is 1.68. The molecule has 1 N–H and O–H groups in total. The minimum absolute atomic E-state index is 0.109. The van der Waals surface area contributed by atoms with Gasteiger partial charge in [-0.3, -0.25) is 14.5 Å². The summed E-state index contributed by atoms with van der Waals surface area (Å²) in [5, 5.41) is 11.6. The van der Waals surface area contributed by atoms with Crippen molar-refractivity contribution in [3.05, 3.63) is 99.6 Å². The van der Waals surface area contributed by atoms with Gasteiger partial charge in [0.1, 0.15) is 5.76 Å². The van der Waals surface area contributed by atoms with Crippen LogP contribution in [0, 0.1) is 13.8 Å². The minimum Gasteiger partial charge on any atom is -0.507 e. The molecule has 0 saturated carbocycles. The minimum atomic E-state index is -0.724. The third-order valence-electron chi connectivity index (χ3n) is 8.02. The van der Waals surface area contributed by atoms with E-state index in [1.54, 1.807) is 4.90 Å². The van der Waals surface area contributed by atoms with Crippen molar-refractivity contribution in [3.8, 4) is 0 Å². The number of hydrogen-bond donors (Lipinski definition) is 1. The summed E-state index contributed by atoms with van der Waals surface area (Å²) in [6, 6.07) is 19.1. The summed E-state index contributed by atoms with van der Waals surface area (Å²) >= 11 is 0. The number of aliphatic hydroxyl groups is 1. The highest BCUT2D eigenvalue weighted by Crippen LogP contribution is 2.43. The molecule has 0 radical (unpaired) electrons. The van der Waals surface area contributed by atoms with Gasteiger partial charge >= 0.3 is 0 Å². The first kappa shape index (κ1) is 25.8. The Kier molecular flexibility index (Phi) is 7.11. The molecule has 0 bridgehead atoms. The normalized spacial score (nSPS) is 18.5. The molecule has 1 heterocycles. The van der Waals surface area contributed by atoms with Gasteiger partial charge in [-0.1, -0.05) is 42.0 Å². The van der Waals surface area contributed by atoms with Gasteiger partial charge in [0, 0.05) is 30.0 Å². The van der Waals surface area contributed by atoms with E-state index in [-0.39, 0.29) is 11.3 Å². The van der Waals surface area contributed by atoms with Crippen molar-refractivity contribution in [2.45, 2.75) is 59.4 Å². The van der Waals surface area contributed by atoms with Crippen molar-refractivity contribution in [2.75, 3.05) is 22.9 Å². The van der Waals surface area contributed by atoms with Gasteiger partial charge in [0.15, 0.2) is 0 Å². The number of hydrogen-bond acceptors (Lipinski definition) is 4. The van der Waals surface area contributed by atoms with Crippen LogP contribution in [0.5, 0.6) is 0 Å². The zero-order valence-corrected chi connectivity index (χ0v) is 22.8. The van der Waals surface area contributed by atoms with Crippen LogP contribution in [-0.2, 0) is 22.4 Å². The van der Waals surface area contributed by atoms with E-state index in [1.807, 2.05) is 68.4 Å². The number of carbonyl (C=O) groups excluding carboxylic acids is 2. The van der Waals surface area contributed by atoms with Crippen molar-refractivity contribution in [1.82, 2.24) is 0 Å². The number of fused-ring (bicyclic) bond motifs is 1. The monoisotopic (exact) mass is 508 g/mol. The number of ketones is 1. The lowest BCUT2D eigenvalue weighted by Gasteiger charge is -2.28. The van der Waals surface area contributed by atoms with Gasteiger partial charge in [0.05, 0.1) is 11.6 Å². The molecule has 38 heavy (non-hydrogen) atoms. The van der Waals surface area contributed by atoms with Crippen LogP contribution >= 0.6 is 0 Å². The molecule has 1 saturated heterocycles. The number of nitrogens with zero attached hydrogens (tertiary/aromatic N) is 2. The van der Waals surface area contributed by atoms with E-state index in [2.05, 4.69) is 24.8 Å². The van der Waals surface area contributed by atoms with Crippen molar-refractivity contribution < 1.29 is 14.7 Å². The molecule has 3 aromatic rings. The molecule has 1 amide bonds. The standard InChI is InChI=1S/C33H36N2O3/c1-5-34(6-2)27-16-14-24(15-17-27)30-29(31(36)26-13-12-23-9-7-8-10-25(23)20-26)32(37)33(38)35(30)28-18-11-21(3)19-22(28)4/h11-20,30,36H,5-10H2,1-4H3/b31-29-. The molecule has 1 aliphatic heterocycles. The van der Waals surface area contributed by atoms with Crippen molar-refractivity contribution in [2.24, 2.45) is 0 Å². The van der Waals surface area contributed by atoms with Gasteiger partial charge in [0.25, 0.3) is 11.7 Å². The van der Waals surface area contributed by atoms with Crippen LogP contribution in [0.15, 0.2) is 66.2 Å². The fraction of sp³-hybridized carbons (Fsp3) is 0.333. The molecular weight excluding hydrogens is 472 g/mol. The second-order valence-electron chi connectivity index (χ2n) is 10.4. The largest absolute Gasteiger partial charge is 0.507 e. The molecule has 0 spiro atoms. The first-order chi connectivity index (χ1) is 18.3. The average Bonchev–Trinajstić information content (AvgIpc) is 3.19. The summed E-state index contributed by atoms with van der Waals surface area (Å²) < 4.78 is 0. The van der Waals surface area contributed by atoms with E-state index in [1.165, 1.54) is 17.5 Å². The number of amides is 1. The Morgan fingerprint density at radius 3 is 2.24 bits per heavy atom. The number of Topliss-reactive ketones (excluding diaryl/α,β-unsaturated/α-hetero) is 1. The van der Waals surface area contributed by atoms with Gasteiger partial charge < -0.3 is 10.0 Å². The van der Waals surface area contributed by atoms with Gasteiger partial charge in [-0.25, -0.2) is 0 Å². The molecule has 5 nitrogen and oxygen atoms in total. The van der Waals surface area contributed by atoms with Crippen LogP contribution in [0.3, 0.4) is 0 Å². The summed E-state index contributed by atoms with van der Waals surface area (Å²) in [5.41, 5.74) is 7.78. The van der Waals surface area contributed by atoms with Crippen LogP contribution in [0.1, 0.15) is 66.1 Å². The first-order valence-electron chi connectivity index (χ1n) is 13.7. The zero-order chi connectivity index (χ0) is 27.0. The number of aliphatic hydroxyl groups excluding tert-OH is 1. The fourth-order valence-corrected chi connectivity index (χ4v) is 5.96. The highest BCUT2D eigenvalue weighted by atomic mass is 16.3. The Hall–Kier alpha value is -3.86. The van der Waals surface area contributed by atoms with E-state index in [9.17, 15) is 14.7 Å². The fourth-order valence-electron chi connectivity index (χ4n) is 5.96. The number of anilines is 2. The summed E-state index contributed by atoms with van der Waals surface area (Å²) in [6.07, 6.45) is 4.28. The lowest BCUT2D eigenvalue weighted by atomic mass is 9.88. The highest BCUT2D eigenvalue weighted by Gasteiger charge is 2.47. The molecule has 2 aliphatic rings. The predicted molar refractivity (Wildman–Crippen MR) is 154 cm³/mol. The molecule has 3 aromatic carbocycles. The second kappa shape index (κ2) is 10.5. The Bertz CT molecular complexity index is 1420. The van der Waals surface area contributed by atoms with Gasteiger partial charge in [-0.05, 0) is 99.9 Å². The number of benzene rings is 3. The molecule has 1 aliphatic carbocycles. The summed E-state index contributed by atoms with van der Waals surface area (Å²) in [5.74, 6) is -1.38. The van der Waals surface area contributed by atoms with Crippen LogP contribution in [-0.4, -0.2) is 29.9 Å². The summed E-state index contributed by atoms with van der Waals surface area (Å²) in [7, 11) is 0. The third kappa shape index (κ3) is 4.51. The van der Waals surface area contributed by atoms with E-state index in [0.29, 0.717) is 11.3 Å². The van der Waals surface area contributed by atoms with Crippen LogP contribution in [0.2, 0.25) is 0 Å². The van der Waals surface area contributed by atoms with E-state index in [4.69, 9.17) is 0 Å². The van der Waals surface area contributed by atoms with Crippen LogP contribution in [0.4, 0.5) is 11.4 Å². The molecule has 1 unspecified atom stereocenters. The van der Waals surface area contributed by atoms with Gasteiger partial charge in [-0.2, -0.15) is 0 Å². The lowest BCUT2D eigenvalue weighted by Crippen LogP contribution is -2.30. The molecule has 1 fully saturated rings. The second-order valence-corrected chi connectivity index (χ2v) is 10.4. The topological polar surface area (TPSA) is 60.9 Å². The quantitative estimate of drug-likeness (QED) is 0.230. The SMILES string of the molecule is CCN(CC)c1ccc(C2/C(=C(/O)c3ccc4c(c3)CCCC4)C(=O)C(=O)N2c2ccc(C)cc2C)cc1. The summed E-state index contributed by atoms with van der Waals surface area (Å²) in [4.78, 5) is 31.0. The van der Waals surface area contributed by atoms with Crippen LogP contribution < -0.4 is 9.80 Å². The average molecular weight is 509 g/mol. The molecule has 5 heteroatoms. The van der Waals surface area contributed by atoms with E-state index in [0.717, 1.165) is 54.7 Å². The smallest absolute Gasteiger partial charge is 0.300 e. The number of rotatable bonds is 6. The third-order valence-corrected chi connectivity index (χ3v) is 8.02. The van der Waals surface area contributed by atoms with Gasteiger partial charge in [0.2, 0.25) is 0 Å². The maximum atomic E-state index is 13.6. The maximum Gasteiger partial charge on any atom is 0.300 e. The Morgan fingerprint density at radius 2 is 1.58 bits per heavy atom. The van der Waals surface area contributed by atoms with Crippen molar-refractivity contribution >= 4 is 28.8 Å².